The first-order valence-corrected chi connectivity index (χ1v) is 6.02. The zero-order valence-corrected chi connectivity index (χ0v) is 11.2. The Morgan fingerprint density at radius 2 is 1.80 bits per heavy atom. The lowest BCUT2D eigenvalue weighted by Gasteiger charge is -2.35. The van der Waals surface area contributed by atoms with Crippen LogP contribution >= 0.6 is 0 Å². The van der Waals surface area contributed by atoms with Gasteiger partial charge in [-0.1, -0.05) is 0 Å². The molecule has 2 N–H and O–H groups in total. The van der Waals surface area contributed by atoms with E-state index in [-0.39, 0.29) is 19.2 Å². The molecule has 0 bridgehead atoms. The van der Waals surface area contributed by atoms with Crippen molar-refractivity contribution in [3.05, 3.63) is 0 Å². The molecule has 1 atom stereocenters. The van der Waals surface area contributed by atoms with E-state index < -0.39 is 23.7 Å². The number of piperidine rings is 1. The van der Waals surface area contributed by atoms with Crippen LogP contribution in [0.4, 0.5) is 18.0 Å². The number of hydrogen-bond donors (Lipinski definition) is 2. The van der Waals surface area contributed by atoms with Gasteiger partial charge in [-0.3, -0.25) is 0 Å². The second kappa shape index (κ2) is 5.86. The Labute approximate surface area is 113 Å². The molecule has 1 saturated heterocycles. The summed E-state index contributed by atoms with van der Waals surface area (Å²) in [6.45, 7) is 0.866. The van der Waals surface area contributed by atoms with E-state index in [2.05, 4.69) is 0 Å². The summed E-state index contributed by atoms with van der Waals surface area (Å²) >= 11 is 0. The summed E-state index contributed by atoms with van der Waals surface area (Å²) in [6, 6.07) is -1.04. The summed E-state index contributed by atoms with van der Waals surface area (Å²) in [5.74, 6) is -2.15. The van der Waals surface area contributed by atoms with Crippen LogP contribution in [0.25, 0.3) is 0 Å². The number of nitrogens with zero attached hydrogens (tertiary/aromatic N) is 1. The van der Waals surface area contributed by atoms with E-state index in [1.165, 1.54) is 7.11 Å². The highest BCUT2D eigenvalue weighted by molar-refractivity contribution is 5.86. The third kappa shape index (κ3) is 3.33. The van der Waals surface area contributed by atoms with Gasteiger partial charge in [0.15, 0.2) is 0 Å². The van der Waals surface area contributed by atoms with Gasteiger partial charge < -0.3 is 20.1 Å². The maximum Gasteiger partial charge on any atom is 0.422 e. The average molecular weight is 298 g/mol. The summed E-state index contributed by atoms with van der Waals surface area (Å²) in [4.78, 5) is 23.7. The molecule has 0 aromatic carbocycles. The maximum absolute atomic E-state index is 12.8. The molecule has 1 heterocycles. The van der Waals surface area contributed by atoms with Gasteiger partial charge in [0.1, 0.15) is 0 Å². The maximum atomic E-state index is 12.8. The molecular weight excluding hydrogens is 281 g/mol. The van der Waals surface area contributed by atoms with E-state index in [1.807, 2.05) is 0 Å². The quantitative estimate of drug-likeness (QED) is 0.821. The Hall–Kier alpha value is -1.51. The molecule has 6 nitrogen and oxygen atoms in total. The van der Waals surface area contributed by atoms with Crippen LogP contribution in [0.1, 0.15) is 19.8 Å². The van der Waals surface area contributed by atoms with Crippen molar-refractivity contribution in [1.82, 2.24) is 10.2 Å². The molecule has 0 radical (unpaired) electrons. The molecule has 1 aliphatic rings. The van der Waals surface area contributed by atoms with Crippen molar-refractivity contribution in [3.8, 4) is 0 Å². The molecular formula is C11H17F3N2O4. The van der Waals surface area contributed by atoms with E-state index in [0.29, 0.717) is 19.8 Å². The molecule has 0 spiro atoms. The number of carboxylic acids is 1. The van der Waals surface area contributed by atoms with Crippen LogP contribution < -0.4 is 5.32 Å². The monoisotopic (exact) mass is 298 g/mol. The summed E-state index contributed by atoms with van der Waals surface area (Å²) in [6.07, 6.45) is -4.12. The van der Waals surface area contributed by atoms with Crippen molar-refractivity contribution >= 4 is 12.0 Å². The normalized spacial score (nSPS) is 20.4. The molecule has 116 valence electrons. The summed E-state index contributed by atoms with van der Waals surface area (Å²) in [5.41, 5.74) is -3.30. The Balaban J connectivity index is 2.71. The number of carbonyl (C=O) groups is 2. The number of urea groups is 1. The third-order valence-electron chi connectivity index (χ3n) is 3.41. The zero-order valence-electron chi connectivity index (χ0n) is 11.2. The largest absolute Gasteiger partial charge is 0.479 e. The lowest BCUT2D eigenvalue weighted by molar-refractivity contribution is -0.203. The number of nitrogens with one attached hydrogen (secondary N) is 1. The number of ether oxygens (including phenoxy) is 1. The minimum Gasteiger partial charge on any atom is -0.479 e. The first-order chi connectivity index (χ1) is 9.11. The van der Waals surface area contributed by atoms with Crippen LogP contribution in [0.2, 0.25) is 0 Å². The molecule has 9 heteroatoms. The van der Waals surface area contributed by atoms with Crippen LogP contribution in [0.5, 0.6) is 0 Å². The van der Waals surface area contributed by atoms with Crippen molar-refractivity contribution < 1.29 is 32.6 Å². The van der Waals surface area contributed by atoms with E-state index >= 15 is 0 Å². The van der Waals surface area contributed by atoms with Crippen LogP contribution in [-0.4, -0.2) is 60.0 Å². The van der Waals surface area contributed by atoms with Crippen LogP contribution in [0, 0.1) is 0 Å². The Morgan fingerprint density at radius 1 is 1.30 bits per heavy atom. The minimum absolute atomic E-state index is 0.0347. The van der Waals surface area contributed by atoms with Gasteiger partial charge in [0.05, 0.1) is 6.10 Å². The predicted molar refractivity (Wildman–Crippen MR) is 62.2 cm³/mol. The molecule has 0 saturated carbocycles. The number of rotatable bonds is 3. The Bertz CT molecular complexity index is 380. The van der Waals surface area contributed by atoms with Gasteiger partial charge in [0, 0.05) is 20.2 Å². The predicted octanol–water partition coefficient (Wildman–Crippen LogP) is 1.21. The minimum atomic E-state index is -5.08. The van der Waals surface area contributed by atoms with Gasteiger partial charge in [0.25, 0.3) is 0 Å². The van der Waals surface area contributed by atoms with Gasteiger partial charge in [-0.2, -0.15) is 13.2 Å². The van der Waals surface area contributed by atoms with E-state index in [9.17, 15) is 22.8 Å². The standard InChI is InChI=1S/C11H17F3N2O4/c1-10(8(17)18,11(12,13)14)15-9(19)16-5-3-7(20-2)4-6-16/h7H,3-6H2,1-2H3,(H,15,19)(H,17,18). The molecule has 1 aliphatic heterocycles. The highest BCUT2D eigenvalue weighted by Gasteiger charge is 2.58. The van der Waals surface area contributed by atoms with Crippen LogP contribution in [0.15, 0.2) is 0 Å². The molecule has 1 unspecified atom stereocenters. The molecule has 1 fully saturated rings. The van der Waals surface area contributed by atoms with Crippen molar-refractivity contribution in [2.24, 2.45) is 0 Å². The van der Waals surface area contributed by atoms with E-state index in [4.69, 9.17) is 9.84 Å². The number of aliphatic carboxylic acids is 1. The van der Waals surface area contributed by atoms with Crippen molar-refractivity contribution in [2.45, 2.75) is 37.6 Å². The van der Waals surface area contributed by atoms with Gasteiger partial charge >= 0.3 is 18.2 Å². The lowest BCUT2D eigenvalue weighted by Crippen LogP contribution is -2.64. The molecule has 0 aromatic rings. The van der Waals surface area contributed by atoms with Crippen molar-refractivity contribution in [3.63, 3.8) is 0 Å². The number of alkyl halides is 3. The Kier molecular flexibility index (Phi) is 4.85. The first-order valence-electron chi connectivity index (χ1n) is 6.02. The molecule has 2 amide bonds. The molecule has 0 aromatic heterocycles. The highest BCUT2D eigenvalue weighted by Crippen LogP contribution is 2.30. The topological polar surface area (TPSA) is 78.9 Å². The SMILES string of the molecule is COC1CCN(C(=O)NC(C)(C(=O)O)C(F)(F)F)CC1. The lowest BCUT2D eigenvalue weighted by atomic mass is 10.0. The fourth-order valence-corrected chi connectivity index (χ4v) is 1.83. The van der Waals surface area contributed by atoms with Crippen molar-refractivity contribution in [2.75, 3.05) is 20.2 Å². The molecule has 1 rings (SSSR count). The summed E-state index contributed by atoms with van der Waals surface area (Å²) in [5, 5.41) is 10.3. The fraction of sp³-hybridized carbons (Fsp3) is 0.818. The van der Waals surface area contributed by atoms with E-state index in [1.54, 1.807) is 5.32 Å². The number of amides is 2. The first kappa shape index (κ1) is 16.5. The number of carbonyl (C=O) groups excluding carboxylic acids is 1. The fourth-order valence-electron chi connectivity index (χ4n) is 1.83. The average Bonchev–Trinajstić information content (AvgIpc) is 2.37. The number of halogens is 3. The second-order valence-corrected chi connectivity index (χ2v) is 4.78. The summed E-state index contributed by atoms with van der Waals surface area (Å²) < 4.78 is 43.4. The van der Waals surface area contributed by atoms with Gasteiger partial charge in [-0.25, -0.2) is 9.59 Å². The van der Waals surface area contributed by atoms with E-state index in [0.717, 1.165) is 4.90 Å². The zero-order chi connectivity index (χ0) is 15.6. The number of hydrogen-bond acceptors (Lipinski definition) is 3. The van der Waals surface area contributed by atoms with Crippen LogP contribution in [-0.2, 0) is 9.53 Å². The highest BCUT2D eigenvalue weighted by atomic mass is 19.4. The number of methoxy groups -OCH3 is 1. The second-order valence-electron chi connectivity index (χ2n) is 4.78. The smallest absolute Gasteiger partial charge is 0.422 e. The summed E-state index contributed by atoms with van der Waals surface area (Å²) in [7, 11) is 1.52. The van der Waals surface area contributed by atoms with Crippen molar-refractivity contribution in [1.29, 1.82) is 0 Å². The van der Waals surface area contributed by atoms with Gasteiger partial charge in [0.2, 0.25) is 5.54 Å². The molecule has 0 aliphatic carbocycles. The van der Waals surface area contributed by atoms with Gasteiger partial charge in [-0.15, -0.1) is 0 Å². The third-order valence-corrected chi connectivity index (χ3v) is 3.41. The Morgan fingerprint density at radius 3 is 2.15 bits per heavy atom. The van der Waals surface area contributed by atoms with Gasteiger partial charge in [-0.05, 0) is 19.8 Å². The van der Waals surface area contributed by atoms with Crippen LogP contribution in [0.3, 0.4) is 0 Å². The number of carboxylic acid groups (broad SMARTS) is 1. The number of likely N-dealkylation sites (tertiary alicyclic amines) is 1. The molecule has 20 heavy (non-hydrogen) atoms.